The molecule has 1 aromatic heterocycles. The molecule has 2 aromatic rings. The zero-order valence-corrected chi connectivity index (χ0v) is 10.6. The van der Waals surface area contributed by atoms with Gasteiger partial charge in [-0.05, 0) is 30.2 Å². The van der Waals surface area contributed by atoms with Crippen LogP contribution in [0.25, 0.3) is 0 Å². The first-order valence-corrected chi connectivity index (χ1v) is 6.01. The second-order valence-electron chi connectivity index (χ2n) is 4.57. The van der Waals surface area contributed by atoms with E-state index in [-0.39, 0.29) is 17.8 Å². The topological polar surface area (TPSA) is 38.9 Å². The van der Waals surface area contributed by atoms with E-state index in [1.165, 1.54) is 0 Å². The summed E-state index contributed by atoms with van der Waals surface area (Å²) in [6, 6.07) is 8.82. The van der Waals surface area contributed by atoms with E-state index < -0.39 is 0 Å². The molecule has 2 N–H and O–H groups in total. The lowest BCUT2D eigenvalue weighted by atomic mass is 9.89. The van der Waals surface area contributed by atoms with Crippen molar-refractivity contribution in [3.63, 3.8) is 0 Å². The van der Waals surface area contributed by atoms with Gasteiger partial charge in [0.05, 0.1) is 0 Å². The average Bonchev–Trinajstić information content (AvgIpc) is 2.41. The summed E-state index contributed by atoms with van der Waals surface area (Å²) in [6.07, 6.45) is 3.45. The molecule has 0 aliphatic heterocycles. The van der Waals surface area contributed by atoms with Crippen LogP contribution in [0.4, 0.5) is 4.39 Å². The van der Waals surface area contributed by atoms with E-state index in [2.05, 4.69) is 4.98 Å². The molecular weight excluding hydrogens is 227 g/mol. The van der Waals surface area contributed by atoms with Crippen molar-refractivity contribution in [2.75, 3.05) is 0 Å². The first-order valence-electron chi connectivity index (χ1n) is 6.01. The number of pyridine rings is 1. The average molecular weight is 244 g/mol. The number of halogens is 1. The molecule has 18 heavy (non-hydrogen) atoms. The van der Waals surface area contributed by atoms with Crippen LogP contribution >= 0.6 is 0 Å². The predicted octanol–water partition coefficient (Wildman–Crippen LogP) is 3.33. The molecule has 0 radical (unpaired) electrons. The van der Waals surface area contributed by atoms with Crippen LogP contribution in [0, 0.1) is 12.7 Å². The molecule has 1 aromatic carbocycles. The lowest BCUT2D eigenvalue weighted by Gasteiger charge is -2.21. The van der Waals surface area contributed by atoms with Crippen LogP contribution < -0.4 is 5.73 Å². The molecule has 2 nitrogen and oxygen atoms in total. The van der Waals surface area contributed by atoms with Crippen LogP contribution in [0.1, 0.15) is 35.6 Å². The number of aryl methyl sites for hydroxylation is 1. The molecule has 0 saturated carbocycles. The van der Waals surface area contributed by atoms with E-state index in [9.17, 15) is 4.39 Å². The summed E-state index contributed by atoms with van der Waals surface area (Å²) < 4.78 is 14.0. The fourth-order valence-corrected chi connectivity index (χ4v) is 2.07. The Balaban J connectivity index is 2.31. The maximum Gasteiger partial charge on any atom is 0.130 e. The van der Waals surface area contributed by atoms with Gasteiger partial charge < -0.3 is 5.73 Å². The van der Waals surface area contributed by atoms with Gasteiger partial charge in [-0.1, -0.05) is 25.1 Å². The van der Waals surface area contributed by atoms with E-state index in [4.69, 9.17) is 5.73 Å². The number of hydrogen-bond acceptors (Lipinski definition) is 2. The SMILES string of the molecule is Cc1cccc(C(N)C(C)c2ccncc2)c1F. The van der Waals surface area contributed by atoms with Crippen molar-refractivity contribution in [1.82, 2.24) is 4.98 Å². The number of nitrogens with two attached hydrogens (primary N) is 1. The highest BCUT2D eigenvalue weighted by atomic mass is 19.1. The maximum absolute atomic E-state index is 14.0. The van der Waals surface area contributed by atoms with Crippen molar-refractivity contribution >= 4 is 0 Å². The van der Waals surface area contributed by atoms with E-state index in [1.54, 1.807) is 31.5 Å². The summed E-state index contributed by atoms with van der Waals surface area (Å²) in [5, 5.41) is 0. The minimum atomic E-state index is -0.354. The molecule has 0 aliphatic rings. The molecule has 2 unspecified atom stereocenters. The molecule has 0 spiro atoms. The highest BCUT2D eigenvalue weighted by Crippen LogP contribution is 2.30. The van der Waals surface area contributed by atoms with Crippen molar-refractivity contribution < 1.29 is 4.39 Å². The van der Waals surface area contributed by atoms with Crippen LogP contribution in [-0.4, -0.2) is 4.98 Å². The summed E-state index contributed by atoms with van der Waals surface area (Å²) in [5.41, 5.74) is 8.45. The molecule has 0 fully saturated rings. The molecule has 0 bridgehead atoms. The summed E-state index contributed by atoms with van der Waals surface area (Å²) in [4.78, 5) is 3.98. The first-order chi connectivity index (χ1) is 8.61. The van der Waals surface area contributed by atoms with Gasteiger partial charge in [-0.2, -0.15) is 0 Å². The first kappa shape index (κ1) is 12.7. The van der Waals surface area contributed by atoms with Crippen LogP contribution in [0.2, 0.25) is 0 Å². The standard InChI is InChI=1S/C15H17FN2/c1-10-4-3-5-13(14(10)16)15(17)11(2)12-6-8-18-9-7-12/h3-9,11,15H,17H2,1-2H3. The highest BCUT2D eigenvalue weighted by Gasteiger charge is 2.20. The summed E-state index contributed by atoms with van der Waals surface area (Å²) in [5.74, 6) is -0.157. The smallest absolute Gasteiger partial charge is 0.130 e. The van der Waals surface area contributed by atoms with Gasteiger partial charge in [0, 0.05) is 29.9 Å². The Labute approximate surface area is 107 Å². The third-order valence-corrected chi connectivity index (χ3v) is 3.35. The summed E-state index contributed by atoms with van der Waals surface area (Å²) in [6.45, 7) is 3.75. The largest absolute Gasteiger partial charge is 0.323 e. The van der Waals surface area contributed by atoms with E-state index in [0.29, 0.717) is 11.1 Å². The second-order valence-corrected chi connectivity index (χ2v) is 4.57. The van der Waals surface area contributed by atoms with Crippen LogP contribution in [0.15, 0.2) is 42.7 Å². The van der Waals surface area contributed by atoms with Crippen molar-refractivity contribution in [2.45, 2.75) is 25.8 Å². The van der Waals surface area contributed by atoms with Crippen LogP contribution in [0.3, 0.4) is 0 Å². The van der Waals surface area contributed by atoms with Crippen LogP contribution in [-0.2, 0) is 0 Å². The highest BCUT2D eigenvalue weighted by molar-refractivity contribution is 5.30. The second kappa shape index (κ2) is 5.27. The molecule has 3 heteroatoms. The van der Waals surface area contributed by atoms with Crippen molar-refractivity contribution in [3.05, 3.63) is 65.2 Å². The van der Waals surface area contributed by atoms with Gasteiger partial charge in [-0.25, -0.2) is 4.39 Å². The van der Waals surface area contributed by atoms with Crippen molar-refractivity contribution in [2.24, 2.45) is 5.73 Å². The van der Waals surface area contributed by atoms with Crippen molar-refractivity contribution in [3.8, 4) is 0 Å². The molecule has 1 heterocycles. The lowest BCUT2D eigenvalue weighted by Crippen LogP contribution is -2.19. The fraction of sp³-hybridized carbons (Fsp3) is 0.267. The molecule has 0 saturated heterocycles. The minimum Gasteiger partial charge on any atom is -0.323 e. The molecule has 0 aliphatic carbocycles. The number of nitrogens with zero attached hydrogens (tertiary/aromatic N) is 1. The molecule has 2 atom stereocenters. The summed E-state index contributed by atoms with van der Waals surface area (Å²) >= 11 is 0. The number of benzene rings is 1. The minimum absolute atomic E-state index is 0.0456. The fourth-order valence-electron chi connectivity index (χ4n) is 2.07. The molecule has 94 valence electrons. The van der Waals surface area contributed by atoms with Gasteiger partial charge >= 0.3 is 0 Å². The van der Waals surface area contributed by atoms with Gasteiger partial charge in [0.2, 0.25) is 0 Å². The van der Waals surface area contributed by atoms with Crippen molar-refractivity contribution in [1.29, 1.82) is 0 Å². The van der Waals surface area contributed by atoms with Gasteiger partial charge in [-0.3, -0.25) is 4.98 Å². The zero-order valence-electron chi connectivity index (χ0n) is 10.6. The molecular formula is C15H17FN2. The summed E-state index contributed by atoms with van der Waals surface area (Å²) in [7, 11) is 0. The van der Waals surface area contributed by atoms with Gasteiger partial charge in [-0.15, -0.1) is 0 Å². The Morgan fingerprint density at radius 3 is 2.50 bits per heavy atom. The number of hydrogen-bond donors (Lipinski definition) is 1. The Hall–Kier alpha value is -1.74. The van der Waals surface area contributed by atoms with E-state index in [1.807, 2.05) is 25.1 Å². The number of rotatable bonds is 3. The normalized spacial score (nSPS) is 14.2. The maximum atomic E-state index is 14.0. The monoisotopic (exact) mass is 244 g/mol. The van der Waals surface area contributed by atoms with E-state index in [0.717, 1.165) is 5.56 Å². The lowest BCUT2D eigenvalue weighted by molar-refractivity contribution is 0.535. The van der Waals surface area contributed by atoms with E-state index >= 15 is 0 Å². The Morgan fingerprint density at radius 1 is 1.17 bits per heavy atom. The van der Waals surface area contributed by atoms with Gasteiger partial charge in [0.25, 0.3) is 0 Å². The quantitative estimate of drug-likeness (QED) is 0.899. The Morgan fingerprint density at radius 2 is 1.83 bits per heavy atom. The predicted molar refractivity (Wildman–Crippen MR) is 70.7 cm³/mol. The molecule has 0 amide bonds. The van der Waals surface area contributed by atoms with Crippen LogP contribution in [0.5, 0.6) is 0 Å². The molecule has 2 rings (SSSR count). The third kappa shape index (κ3) is 2.41. The Kier molecular flexibility index (Phi) is 3.72. The zero-order chi connectivity index (χ0) is 13.1. The van der Waals surface area contributed by atoms with Gasteiger partial charge in [0.1, 0.15) is 5.82 Å². The third-order valence-electron chi connectivity index (χ3n) is 3.35. The van der Waals surface area contributed by atoms with Gasteiger partial charge in [0.15, 0.2) is 0 Å². The Bertz CT molecular complexity index is 525. The number of aromatic nitrogens is 1.